The quantitative estimate of drug-likeness (QED) is 0.332. The minimum absolute atomic E-state index is 0.0568. The molecule has 1 rings (SSSR count). The minimum Gasteiger partial charge on any atom is -0.382 e. The highest BCUT2D eigenvalue weighted by Crippen LogP contribution is 2.06. The highest BCUT2D eigenvalue weighted by Gasteiger charge is 2.05. The largest absolute Gasteiger partial charge is 0.382 e. The average molecular weight is 297 g/mol. The molecule has 0 spiro atoms. The topological polar surface area (TPSA) is 99.7 Å². The van der Waals surface area contributed by atoms with Crippen LogP contribution in [0.3, 0.4) is 0 Å². The van der Waals surface area contributed by atoms with E-state index in [9.17, 15) is 0 Å². The summed E-state index contributed by atoms with van der Waals surface area (Å²) in [5.74, 6) is -0.0568. The summed E-state index contributed by atoms with van der Waals surface area (Å²) >= 11 is 0. The van der Waals surface area contributed by atoms with Crippen molar-refractivity contribution in [1.82, 2.24) is 4.98 Å². The number of hydrogen-bond donors (Lipinski definition) is 2. The molecule has 118 valence electrons. The maximum absolute atomic E-state index is 7.43. The summed E-state index contributed by atoms with van der Waals surface area (Å²) < 4.78 is 20.9. The molecule has 3 N–H and O–H groups in total. The van der Waals surface area contributed by atoms with Crippen molar-refractivity contribution in [3.05, 3.63) is 29.6 Å². The van der Waals surface area contributed by atoms with Crippen molar-refractivity contribution < 1.29 is 18.9 Å². The third-order valence-corrected chi connectivity index (χ3v) is 2.58. The van der Waals surface area contributed by atoms with E-state index in [1.54, 1.807) is 19.4 Å². The highest BCUT2D eigenvalue weighted by atomic mass is 16.6. The molecule has 7 heteroatoms. The number of rotatable bonds is 12. The van der Waals surface area contributed by atoms with Gasteiger partial charge in [0.15, 0.2) is 0 Å². The first kappa shape index (κ1) is 17.5. The Kier molecular flexibility index (Phi) is 9.30. The average Bonchev–Trinajstić information content (AvgIpc) is 2.49. The van der Waals surface area contributed by atoms with E-state index in [1.165, 1.54) is 0 Å². The lowest BCUT2D eigenvalue weighted by molar-refractivity contribution is 0.000821. The maximum Gasteiger partial charge on any atom is 0.142 e. The number of hydrogen-bond acceptors (Lipinski definition) is 6. The normalized spacial score (nSPS) is 10.7. The molecular weight excluding hydrogens is 274 g/mol. The van der Waals surface area contributed by atoms with Gasteiger partial charge in [-0.1, -0.05) is 6.07 Å². The molecule has 0 aromatic carbocycles. The molecule has 0 radical (unpaired) electrons. The number of ether oxygens (including phenoxy) is 4. The maximum atomic E-state index is 7.43. The molecular formula is C14H23N3O4. The third kappa shape index (κ3) is 7.72. The summed E-state index contributed by atoms with van der Waals surface area (Å²) in [7, 11) is 1.64. The van der Waals surface area contributed by atoms with Crippen molar-refractivity contribution in [2.75, 3.05) is 46.8 Å². The molecule has 1 heterocycles. The van der Waals surface area contributed by atoms with Crippen LogP contribution in [0.15, 0.2) is 18.3 Å². The molecule has 0 aliphatic carbocycles. The molecule has 0 saturated carbocycles. The van der Waals surface area contributed by atoms with E-state index in [2.05, 4.69) is 4.98 Å². The van der Waals surface area contributed by atoms with Gasteiger partial charge >= 0.3 is 0 Å². The molecule has 0 aliphatic heterocycles. The van der Waals surface area contributed by atoms with Gasteiger partial charge in [-0.2, -0.15) is 0 Å². The Labute approximate surface area is 124 Å². The fourth-order valence-electron chi connectivity index (χ4n) is 1.56. The Hall–Kier alpha value is -1.54. The van der Waals surface area contributed by atoms with Gasteiger partial charge in [0.1, 0.15) is 11.5 Å². The standard InChI is InChI=1S/C14H23N3O4/c1-18-5-6-19-7-8-20-9-10-21-11-12-3-2-4-17-13(12)14(15)16/h2-4H,5-11H2,1H3,(H3,15,16). The number of aromatic nitrogens is 1. The van der Waals surface area contributed by atoms with Gasteiger partial charge in [-0.15, -0.1) is 0 Å². The van der Waals surface area contributed by atoms with Crippen LogP contribution in [0.25, 0.3) is 0 Å². The van der Waals surface area contributed by atoms with Gasteiger partial charge in [0.2, 0.25) is 0 Å². The number of nitrogens with one attached hydrogen (secondary N) is 1. The Balaban J connectivity index is 2.06. The summed E-state index contributed by atoms with van der Waals surface area (Å²) in [6.07, 6.45) is 1.60. The number of pyridine rings is 1. The molecule has 21 heavy (non-hydrogen) atoms. The van der Waals surface area contributed by atoms with E-state index in [1.807, 2.05) is 6.07 Å². The molecule has 0 saturated heterocycles. The lowest BCUT2D eigenvalue weighted by atomic mass is 10.2. The first-order valence-electron chi connectivity index (χ1n) is 6.76. The summed E-state index contributed by atoms with van der Waals surface area (Å²) in [5, 5.41) is 7.43. The fourth-order valence-corrected chi connectivity index (χ4v) is 1.56. The monoisotopic (exact) mass is 297 g/mol. The van der Waals surface area contributed by atoms with Gasteiger partial charge in [-0.3, -0.25) is 10.4 Å². The zero-order chi connectivity index (χ0) is 15.3. The second kappa shape index (κ2) is 11.2. The predicted molar refractivity (Wildman–Crippen MR) is 78.4 cm³/mol. The molecule has 1 aromatic rings. The van der Waals surface area contributed by atoms with Crippen molar-refractivity contribution >= 4 is 5.84 Å². The van der Waals surface area contributed by atoms with Gasteiger partial charge in [0, 0.05) is 18.9 Å². The van der Waals surface area contributed by atoms with Crippen LogP contribution >= 0.6 is 0 Å². The van der Waals surface area contributed by atoms with E-state index in [4.69, 9.17) is 30.1 Å². The molecule has 0 atom stereocenters. The van der Waals surface area contributed by atoms with E-state index >= 15 is 0 Å². The number of nitrogen functional groups attached to an aromatic ring is 1. The molecule has 1 aromatic heterocycles. The summed E-state index contributed by atoms with van der Waals surface area (Å²) in [5.41, 5.74) is 6.71. The molecule has 0 amide bonds. The third-order valence-electron chi connectivity index (χ3n) is 2.58. The zero-order valence-corrected chi connectivity index (χ0v) is 12.3. The lowest BCUT2D eigenvalue weighted by Crippen LogP contribution is -2.17. The summed E-state index contributed by atoms with van der Waals surface area (Å²) in [4.78, 5) is 4.05. The van der Waals surface area contributed by atoms with Crippen LogP contribution in [-0.4, -0.2) is 57.6 Å². The van der Waals surface area contributed by atoms with Crippen LogP contribution in [-0.2, 0) is 25.6 Å². The van der Waals surface area contributed by atoms with Crippen LogP contribution in [0, 0.1) is 5.41 Å². The van der Waals surface area contributed by atoms with E-state index in [0.717, 1.165) is 5.56 Å². The first-order valence-corrected chi connectivity index (χ1v) is 6.76. The number of nitrogens with two attached hydrogens (primary N) is 1. The van der Waals surface area contributed by atoms with E-state index < -0.39 is 0 Å². The number of nitrogens with zero attached hydrogens (tertiary/aromatic N) is 1. The van der Waals surface area contributed by atoms with E-state index in [0.29, 0.717) is 51.9 Å². The molecule has 0 unspecified atom stereocenters. The van der Waals surface area contributed by atoms with Crippen molar-refractivity contribution in [3.63, 3.8) is 0 Å². The number of methoxy groups -OCH3 is 1. The Morgan fingerprint density at radius 1 is 1.10 bits per heavy atom. The highest BCUT2D eigenvalue weighted by molar-refractivity contribution is 5.94. The minimum atomic E-state index is -0.0568. The molecule has 7 nitrogen and oxygen atoms in total. The fraction of sp³-hybridized carbons (Fsp3) is 0.571. The van der Waals surface area contributed by atoms with Crippen molar-refractivity contribution in [2.24, 2.45) is 5.73 Å². The lowest BCUT2D eigenvalue weighted by Gasteiger charge is -2.08. The van der Waals surface area contributed by atoms with Crippen LogP contribution in [0.1, 0.15) is 11.3 Å². The van der Waals surface area contributed by atoms with Crippen molar-refractivity contribution in [3.8, 4) is 0 Å². The Morgan fingerprint density at radius 2 is 1.71 bits per heavy atom. The van der Waals surface area contributed by atoms with Crippen LogP contribution in [0.4, 0.5) is 0 Å². The zero-order valence-electron chi connectivity index (χ0n) is 12.3. The molecule has 0 aliphatic rings. The second-order valence-corrected chi connectivity index (χ2v) is 4.19. The van der Waals surface area contributed by atoms with Gasteiger partial charge < -0.3 is 24.7 Å². The number of amidine groups is 1. The van der Waals surface area contributed by atoms with Gasteiger partial charge in [0.05, 0.1) is 46.2 Å². The molecule has 0 bridgehead atoms. The second-order valence-electron chi connectivity index (χ2n) is 4.19. The first-order chi connectivity index (χ1) is 10.3. The van der Waals surface area contributed by atoms with E-state index in [-0.39, 0.29) is 5.84 Å². The Morgan fingerprint density at radius 3 is 2.33 bits per heavy atom. The smallest absolute Gasteiger partial charge is 0.142 e. The van der Waals surface area contributed by atoms with Crippen LogP contribution in [0.5, 0.6) is 0 Å². The Bertz CT molecular complexity index is 415. The van der Waals surface area contributed by atoms with Gasteiger partial charge in [-0.05, 0) is 6.07 Å². The van der Waals surface area contributed by atoms with Crippen molar-refractivity contribution in [1.29, 1.82) is 5.41 Å². The SMILES string of the molecule is COCCOCCOCCOCc1cccnc1C(=N)N. The van der Waals surface area contributed by atoms with Gasteiger partial charge in [-0.25, -0.2) is 0 Å². The van der Waals surface area contributed by atoms with Crippen LogP contribution < -0.4 is 5.73 Å². The van der Waals surface area contributed by atoms with Crippen molar-refractivity contribution in [2.45, 2.75) is 6.61 Å². The summed E-state index contributed by atoms with van der Waals surface area (Å²) in [6.45, 7) is 3.54. The predicted octanol–water partition coefficient (Wildman–Crippen LogP) is 0.562. The molecule has 0 fully saturated rings. The van der Waals surface area contributed by atoms with Gasteiger partial charge in [0.25, 0.3) is 0 Å². The van der Waals surface area contributed by atoms with Crippen LogP contribution in [0.2, 0.25) is 0 Å². The summed E-state index contributed by atoms with van der Waals surface area (Å²) in [6, 6.07) is 3.63.